The van der Waals surface area contributed by atoms with Crippen LogP contribution in [0.3, 0.4) is 0 Å². The van der Waals surface area contributed by atoms with Gasteiger partial charge in [0.05, 0.1) is 5.69 Å². The van der Waals surface area contributed by atoms with Gasteiger partial charge in [0.15, 0.2) is 0 Å². The van der Waals surface area contributed by atoms with Crippen LogP contribution in [-0.4, -0.2) is 26.0 Å². The van der Waals surface area contributed by atoms with Crippen molar-refractivity contribution >= 4 is 11.4 Å². The number of nitrogens with one attached hydrogen (secondary N) is 1. The van der Waals surface area contributed by atoms with E-state index in [0.29, 0.717) is 0 Å². The molecule has 14 heavy (non-hydrogen) atoms. The van der Waals surface area contributed by atoms with Crippen LogP contribution in [0, 0.1) is 0 Å². The fourth-order valence-electron chi connectivity index (χ4n) is 1.81. The number of benzene rings is 1. The van der Waals surface area contributed by atoms with Gasteiger partial charge >= 0.3 is 0 Å². The summed E-state index contributed by atoms with van der Waals surface area (Å²) in [7, 11) is 6.10. The molecule has 1 atom stereocenters. The Kier molecular flexibility index (Phi) is 2.09. The molecule has 4 nitrogen and oxygen atoms in total. The largest absolute Gasteiger partial charge is 0.399 e. The lowest BCUT2D eigenvalue weighted by Crippen LogP contribution is -2.36. The lowest BCUT2D eigenvalue weighted by Gasteiger charge is -2.21. The van der Waals surface area contributed by atoms with Crippen LogP contribution < -0.4 is 16.2 Å². The molecule has 1 aromatic rings. The van der Waals surface area contributed by atoms with Crippen molar-refractivity contribution in [2.75, 3.05) is 31.9 Å². The van der Waals surface area contributed by atoms with Crippen LogP contribution in [0.2, 0.25) is 0 Å². The average molecular weight is 192 g/mol. The van der Waals surface area contributed by atoms with Crippen LogP contribution in [0.1, 0.15) is 11.7 Å². The third-order valence-electron chi connectivity index (χ3n) is 2.54. The summed E-state index contributed by atoms with van der Waals surface area (Å²) in [6, 6.07) is 5.99. The summed E-state index contributed by atoms with van der Waals surface area (Å²) in [5, 5.41) is 2.03. The number of fused-ring (bicyclic) bond motifs is 1. The summed E-state index contributed by atoms with van der Waals surface area (Å²) in [5.74, 6) is 0. The second-order valence-corrected chi connectivity index (χ2v) is 3.87. The van der Waals surface area contributed by atoms with Gasteiger partial charge in [-0.15, -0.1) is 0 Å². The summed E-state index contributed by atoms with van der Waals surface area (Å²) in [6.45, 7) is 0. The maximum atomic E-state index is 5.77. The van der Waals surface area contributed by atoms with E-state index in [-0.39, 0.29) is 6.17 Å². The molecule has 0 amide bonds. The minimum Gasteiger partial charge on any atom is -0.399 e. The molecule has 76 valence electrons. The van der Waals surface area contributed by atoms with E-state index >= 15 is 0 Å². The van der Waals surface area contributed by atoms with Crippen LogP contribution in [-0.2, 0) is 0 Å². The molecular formula is C10H16N4. The first kappa shape index (κ1) is 9.30. The molecule has 1 aromatic carbocycles. The average Bonchev–Trinajstić information content (AvgIpc) is 2.43. The van der Waals surface area contributed by atoms with Gasteiger partial charge in [0, 0.05) is 18.3 Å². The first-order valence-electron chi connectivity index (χ1n) is 4.65. The minimum absolute atomic E-state index is 0.221. The van der Waals surface area contributed by atoms with Crippen molar-refractivity contribution in [3.05, 3.63) is 23.8 Å². The van der Waals surface area contributed by atoms with E-state index in [4.69, 9.17) is 5.73 Å². The van der Waals surface area contributed by atoms with E-state index in [1.807, 2.05) is 44.4 Å². The van der Waals surface area contributed by atoms with Crippen LogP contribution in [0.25, 0.3) is 0 Å². The highest BCUT2D eigenvalue weighted by Crippen LogP contribution is 2.33. The van der Waals surface area contributed by atoms with E-state index in [1.165, 1.54) is 11.3 Å². The minimum atomic E-state index is 0.221. The number of nitrogen functional groups attached to an aromatic ring is 1. The zero-order valence-electron chi connectivity index (χ0n) is 8.78. The molecule has 0 bridgehead atoms. The first-order chi connectivity index (χ1) is 6.59. The van der Waals surface area contributed by atoms with Crippen LogP contribution in [0.15, 0.2) is 18.2 Å². The number of nitrogens with two attached hydrogens (primary N) is 1. The van der Waals surface area contributed by atoms with Crippen molar-refractivity contribution in [2.45, 2.75) is 6.17 Å². The lowest BCUT2D eigenvalue weighted by molar-refractivity contribution is 0.264. The molecule has 0 saturated carbocycles. The predicted molar refractivity (Wildman–Crippen MR) is 58.8 cm³/mol. The van der Waals surface area contributed by atoms with Crippen molar-refractivity contribution in [3.63, 3.8) is 0 Å². The Morgan fingerprint density at radius 3 is 2.79 bits per heavy atom. The first-order valence-corrected chi connectivity index (χ1v) is 4.65. The highest BCUT2D eigenvalue weighted by molar-refractivity contribution is 5.62. The smallest absolute Gasteiger partial charge is 0.105 e. The topological polar surface area (TPSA) is 44.5 Å². The number of nitrogens with zero attached hydrogens (tertiary/aromatic N) is 2. The monoisotopic (exact) mass is 192 g/mol. The number of hydrogen-bond donors (Lipinski definition) is 2. The highest BCUT2D eigenvalue weighted by Gasteiger charge is 2.27. The van der Waals surface area contributed by atoms with Gasteiger partial charge in [0.25, 0.3) is 0 Å². The zero-order valence-corrected chi connectivity index (χ0v) is 8.78. The normalized spacial score (nSPS) is 20.3. The maximum Gasteiger partial charge on any atom is 0.105 e. The molecule has 3 N–H and O–H groups in total. The maximum absolute atomic E-state index is 5.77. The van der Waals surface area contributed by atoms with Gasteiger partial charge in [-0.05, 0) is 32.3 Å². The van der Waals surface area contributed by atoms with Gasteiger partial charge in [-0.2, -0.15) is 0 Å². The van der Waals surface area contributed by atoms with Crippen LogP contribution >= 0.6 is 0 Å². The fraction of sp³-hybridized carbons (Fsp3) is 0.400. The quantitative estimate of drug-likeness (QED) is 0.645. The number of rotatable bonds is 1. The second-order valence-electron chi connectivity index (χ2n) is 3.87. The third-order valence-corrected chi connectivity index (χ3v) is 2.54. The number of hydrazine groups is 1. The molecule has 1 unspecified atom stereocenters. The Morgan fingerprint density at radius 2 is 2.14 bits per heavy atom. The van der Waals surface area contributed by atoms with E-state index in [0.717, 1.165) is 5.69 Å². The Hall–Kier alpha value is -1.26. The van der Waals surface area contributed by atoms with E-state index < -0.39 is 0 Å². The van der Waals surface area contributed by atoms with Gasteiger partial charge in [-0.1, -0.05) is 0 Å². The van der Waals surface area contributed by atoms with Crippen molar-refractivity contribution < 1.29 is 0 Å². The molecule has 1 heterocycles. The predicted octanol–water partition coefficient (Wildman–Crippen LogP) is 0.783. The lowest BCUT2D eigenvalue weighted by atomic mass is 10.1. The SMILES string of the molecule is CN1NC(N(C)C)c2cc(N)ccc21. The zero-order chi connectivity index (χ0) is 10.3. The van der Waals surface area contributed by atoms with Gasteiger partial charge < -0.3 is 10.7 Å². The number of hydrogen-bond acceptors (Lipinski definition) is 4. The van der Waals surface area contributed by atoms with E-state index in [9.17, 15) is 0 Å². The summed E-state index contributed by atoms with van der Waals surface area (Å²) in [6.07, 6.45) is 0.221. The Labute approximate surface area is 84.3 Å². The summed E-state index contributed by atoms with van der Waals surface area (Å²) in [5.41, 5.74) is 12.4. The van der Waals surface area contributed by atoms with Crippen molar-refractivity contribution in [1.82, 2.24) is 10.3 Å². The van der Waals surface area contributed by atoms with Gasteiger partial charge in [0.2, 0.25) is 0 Å². The molecule has 2 rings (SSSR count). The molecule has 0 fully saturated rings. The third kappa shape index (κ3) is 1.32. The molecule has 1 aliphatic rings. The molecule has 0 aliphatic carbocycles. The molecule has 4 heteroatoms. The summed E-state index contributed by atoms with van der Waals surface area (Å²) >= 11 is 0. The summed E-state index contributed by atoms with van der Waals surface area (Å²) in [4.78, 5) is 2.13. The molecule has 0 saturated heterocycles. The Balaban J connectivity index is 2.45. The van der Waals surface area contributed by atoms with Crippen molar-refractivity contribution in [2.24, 2.45) is 0 Å². The Morgan fingerprint density at radius 1 is 1.43 bits per heavy atom. The summed E-state index contributed by atoms with van der Waals surface area (Å²) < 4.78 is 0. The molecule has 0 spiro atoms. The molecule has 0 aromatic heterocycles. The Bertz CT molecular complexity index is 348. The van der Waals surface area contributed by atoms with E-state index in [2.05, 4.69) is 10.3 Å². The van der Waals surface area contributed by atoms with Crippen LogP contribution in [0.5, 0.6) is 0 Å². The van der Waals surface area contributed by atoms with Crippen LogP contribution in [0.4, 0.5) is 11.4 Å². The standard InChI is InChI=1S/C10H16N4/c1-13(2)10-8-6-7(11)4-5-9(8)14(3)12-10/h4-6,10,12H,11H2,1-3H3. The molecule has 0 radical (unpaired) electrons. The van der Waals surface area contributed by atoms with Crippen molar-refractivity contribution in [1.29, 1.82) is 0 Å². The van der Waals surface area contributed by atoms with Gasteiger partial charge in [-0.3, -0.25) is 4.90 Å². The second kappa shape index (κ2) is 3.15. The van der Waals surface area contributed by atoms with E-state index in [1.54, 1.807) is 0 Å². The fourth-order valence-corrected chi connectivity index (χ4v) is 1.81. The molecule has 1 aliphatic heterocycles. The number of anilines is 2. The van der Waals surface area contributed by atoms with Crippen molar-refractivity contribution in [3.8, 4) is 0 Å². The molecular weight excluding hydrogens is 176 g/mol. The van der Waals surface area contributed by atoms with Gasteiger partial charge in [-0.25, -0.2) is 5.43 Å². The highest BCUT2D eigenvalue weighted by atomic mass is 15.6. The van der Waals surface area contributed by atoms with Gasteiger partial charge in [0.1, 0.15) is 6.17 Å².